The van der Waals surface area contributed by atoms with E-state index in [9.17, 15) is 9.59 Å². The minimum Gasteiger partial charge on any atom is -0.356 e. The van der Waals surface area contributed by atoms with Crippen LogP contribution in [-0.4, -0.2) is 48.5 Å². The Balaban J connectivity index is 0.00000392. The minimum atomic E-state index is -0.792. The molecule has 10 heteroatoms. The van der Waals surface area contributed by atoms with Gasteiger partial charge in [-0.25, -0.2) is 4.79 Å². The van der Waals surface area contributed by atoms with Crippen molar-refractivity contribution in [2.24, 2.45) is 4.99 Å². The molecule has 2 rings (SSSR count). The maximum absolute atomic E-state index is 12.3. The number of nitrogens with one attached hydrogen (secondary N) is 3. The molecule has 0 radical (unpaired) electrons. The number of aliphatic imine (C=N–C) groups is 1. The van der Waals surface area contributed by atoms with Gasteiger partial charge in [-0.2, -0.15) is 0 Å². The molecule has 1 aromatic rings. The number of halogens is 3. The molecule has 1 aliphatic heterocycles. The zero-order chi connectivity index (χ0) is 20.0. The molecule has 3 N–H and O–H groups in total. The molecule has 0 aliphatic carbocycles. The third-order valence-corrected chi connectivity index (χ3v) is 5.18. The lowest BCUT2D eigenvalue weighted by atomic mass is 9.99. The Hall–Kier alpha value is -1.26. The van der Waals surface area contributed by atoms with Crippen LogP contribution in [-0.2, 0) is 11.3 Å². The molecule has 1 fully saturated rings. The summed E-state index contributed by atoms with van der Waals surface area (Å²) in [6.07, 6.45) is 1.18. The maximum atomic E-state index is 12.3. The van der Waals surface area contributed by atoms with Gasteiger partial charge in [-0.1, -0.05) is 36.2 Å². The SMILES string of the molecule is CCC1(C)NC(=O)N(CCCNC(=NC)NCc2ccc(Cl)cc2Cl)C1=O.I. The van der Waals surface area contributed by atoms with Crippen molar-refractivity contribution in [1.29, 1.82) is 0 Å². The molecule has 0 spiro atoms. The van der Waals surface area contributed by atoms with Gasteiger partial charge in [-0.3, -0.25) is 14.7 Å². The van der Waals surface area contributed by atoms with Crippen molar-refractivity contribution >= 4 is 65.1 Å². The van der Waals surface area contributed by atoms with Crippen LogP contribution in [0.5, 0.6) is 0 Å². The van der Waals surface area contributed by atoms with E-state index in [1.165, 1.54) is 4.90 Å². The van der Waals surface area contributed by atoms with Crippen molar-refractivity contribution in [2.45, 2.75) is 38.8 Å². The van der Waals surface area contributed by atoms with E-state index in [1.54, 1.807) is 26.1 Å². The van der Waals surface area contributed by atoms with Gasteiger partial charge in [0.1, 0.15) is 5.54 Å². The van der Waals surface area contributed by atoms with E-state index < -0.39 is 5.54 Å². The lowest BCUT2D eigenvalue weighted by molar-refractivity contribution is -0.130. The zero-order valence-corrected chi connectivity index (χ0v) is 20.0. The van der Waals surface area contributed by atoms with Gasteiger partial charge < -0.3 is 16.0 Å². The molecule has 3 amide bonds. The minimum absolute atomic E-state index is 0. The van der Waals surface area contributed by atoms with Crippen LogP contribution in [0, 0.1) is 0 Å². The van der Waals surface area contributed by atoms with Crippen molar-refractivity contribution in [3.05, 3.63) is 33.8 Å². The summed E-state index contributed by atoms with van der Waals surface area (Å²) in [4.78, 5) is 29.7. The van der Waals surface area contributed by atoms with Gasteiger partial charge in [-0.15, -0.1) is 24.0 Å². The fourth-order valence-corrected chi connectivity index (χ4v) is 3.17. The summed E-state index contributed by atoms with van der Waals surface area (Å²) in [6, 6.07) is 5.00. The Bertz CT molecular complexity index is 747. The number of amides is 3. The van der Waals surface area contributed by atoms with Gasteiger partial charge in [-0.05, 0) is 37.5 Å². The second-order valence-electron chi connectivity index (χ2n) is 6.51. The van der Waals surface area contributed by atoms with Crippen LogP contribution in [0.15, 0.2) is 23.2 Å². The lowest BCUT2D eigenvalue weighted by Crippen LogP contribution is -2.43. The van der Waals surface area contributed by atoms with E-state index in [2.05, 4.69) is 20.9 Å². The third kappa shape index (κ3) is 6.12. The van der Waals surface area contributed by atoms with Crippen LogP contribution >= 0.6 is 47.2 Å². The first-order valence-corrected chi connectivity index (χ1v) is 9.59. The Labute approximate surface area is 192 Å². The molecule has 1 saturated heterocycles. The summed E-state index contributed by atoms with van der Waals surface area (Å²) in [7, 11) is 1.67. The molecular weight excluding hydrogens is 516 g/mol. The first-order valence-electron chi connectivity index (χ1n) is 8.83. The molecule has 28 heavy (non-hydrogen) atoms. The van der Waals surface area contributed by atoms with E-state index in [-0.39, 0.29) is 35.9 Å². The molecule has 1 unspecified atom stereocenters. The molecule has 1 heterocycles. The second-order valence-corrected chi connectivity index (χ2v) is 7.36. The number of nitrogens with zero attached hydrogens (tertiary/aromatic N) is 2. The number of hydrogen-bond donors (Lipinski definition) is 3. The van der Waals surface area contributed by atoms with Crippen molar-refractivity contribution in [3.63, 3.8) is 0 Å². The third-order valence-electron chi connectivity index (χ3n) is 4.59. The molecule has 0 aromatic heterocycles. The van der Waals surface area contributed by atoms with Gasteiger partial charge in [0, 0.05) is 36.7 Å². The number of guanidine groups is 1. The van der Waals surface area contributed by atoms with Crippen LogP contribution in [0.25, 0.3) is 0 Å². The predicted octanol–water partition coefficient (Wildman–Crippen LogP) is 3.39. The fraction of sp³-hybridized carbons (Fsp3) is 0.500. The predicted molar refractivity (Wildman–Crippen MR) is 124 cm³/mol. The summed E-state index contributed by atoms with van der Waals surface area (Å²) >= 11 is 12.1. The Morgan fingerprint density at radius 2 is 2.00 bits per heavy atom. The summed E-state index contributed by atoms with van der Waals surface area (Å²) < 4.78 is 0. The van der Waals surface area contributed by atoms with Gasteiger partial charge in [0.05, 0.1) is 0 Å². The number of carbonyl (C=O) groups is 2. The number of rotatable bonds is 7. The molecule has 1 aromatic carbocycles. The maximum Gasteiger partial charge on any atom is 0.325 e. The number of hydrogen-bond acceptors (Lipinski definition) is 3. The monoisotopic (exact) mass is 541 g/mol. The summed E-state index contributed by atoms with van der Waals surface area (Å²) in [6.45, 7) is 5.05. The van der Waals surface area contributed by atoms with Crippen molar-refractivity contribution in [2.75, 3.05) is 20.1 Å². The smallest absolute Gasteiger partial charge is 0.325 e. The number of urea groups is 1. The summed E-state index contributed by atoms with van der Waals surface area (Å²) in [5.41, 5.74) is 0.113. The highest BCUT2D eigenvalue weighted by Crippen LogP contribution is 2.21. The van der Waals surface area contributed by atoms with Gasteiger partial charge in [0.25, 0.3) is 5.91 Å². The molecular formula is C18H26Cl2IN5O2. The Kier molecular flexibility index (Phi) is 9.79. The van der Waals surface area contributed by atoms with Crippen molar-refractivity contribution in [3.8, 4) is 0 Å². The van der Waals surface area contributed by atoms with Gasteiger partial charge in [0.15, 0.2) is 5.96 Å². The largest absolute Gasteiger partial charge is 0.356 e. The lowest BCUT2D eigenvalue weighted by Gasteiger charge is -2.19. The van der Waals surface area contributed by atoms with Crippen LogP contribution in [0.1, 0.15) is 32.3 Å². The highest BCUT2D eigenvalue weighted by Gasteiger charge is 2.45. The normalized spacial score (nSPS) is 19.3. The zero-order valence-electron chi connectivity index (χ0n) is 16.1. The Morgan fingerprint density at radius 1 is 1.29 bits per heavy atom. The standard InChI is InChI=1S/C18H25Cl2N5O2.HI/c1-4-18(2)15(26)25(17(27)24-18)9-5-8-22-16(21-3)23-11-12-6-7-13(19)10-14(12)20;/h6-7,10H,4-5,8-9,11H2,1-3H3,(H,24,27)(H2,21,22,23);1H. The van der Waals surface area contributed by atoms with Crippen LogP contribution in [0.2, 0.25) is 10.0 Å². The molecule has 0 saturated carbocycles. The Morgan fingerprint density at radius 3 is 2.57 bits per heavy atom. The number of imide groups is 1. The van der Waals surface area contributed by atoms with E-state index in [0.29, 0.717) is 48.5 Å². The first kappa shape index (κ1) is 24.8. The average Bonchev–Trinajstić information content (AvgIpc) is 2.85. The topological polar surface area (TPSA) is 85.8 Å². The molecule has 7 nitrogen and oxygen atoms in total. The highest BCUT2D eigenvalue weighted by atomic mass is 127. The quantitative estimate of drug-likeness (QED) is 0.162. The summed E-state index contributed by atoms with van der Waals surface area (Å²) in [5, 5.41) is 10.2. The van der Waals surface area contributed by atoms with Gasteiger partial charge in [0.2, 0.25) is 0 Å². The van der Waals surface area contributed by atoms with Crippen molar-refractivity contribution < 1.29 is 9.59 Å². The average molecular weight is 542 g/mol. The molecule has 1 aliphatic rings. The second kappa shape index (κ2) is 11.1. The van der Waals surface area contributed by atoms with E-state index in [0.717, 1.165) is 5.56 Å². The van der Waals surface area contributed by atoms with Crippen LogP contribution in [0.4, 0.5) is 4.79 Å². The molecule has 1 atom stereocenters. The highest BCUT2D eigenvalue weighted by molar-refractivity contribution is 14.0. The van der Waals surface area contributed by atoms with Gasteiger partial charge >= 0.3 is 6.03 Å². The fourth-order valence-electron chi connectivity index (χ4n) is 2.70. The van der Waals surface area contributed by atoms with Crippen LogP contribution < -0.4 is 16.0 Å². The number of benzene rings is 1. The van der Waals surface area contributed by atoms with E-state index >= 15 is 0 Å². The molecule has 156 valence electrons. The number of carbonyl (C=O) groups excluding carboxylic acids is 2. The summed E-state index contributed by atoms with van der Waals surface area (Å²) in [5.74, 6) is 0.437. The van der Waals surface area contributed by atoms with E-state index in [1.807, 2.05) is 13.0 Å². The first-order chi connectivity index (χ1) is 12.8. The van der Waals surface area contributed by atoms with E-state index in [4.69, 9.17) is 23.2 Å². The molecule has 0 bridgehead atoms. The van der Waals surface area contributed by atoms with Crippen molar-refractivity contribution in [1.82, 2.24) is 20.9 Å². The van der Waals surface area contributed by atoms with Crippen LogP contribution in [0.3, 0.4) is 0 Å².